The number of rotatable bonds is 7. The van der Waals surface area contributed by atoms with Crippen LogP contribution in [0, 0.1) is 6.92 Å². The van der Waals surface area contributed by atoms with Crippen LogP contribution in [-0.2, 0) is 0 Å². The van der Waals surface area contributed by atoms with Crippen LogP contribution in [0.4, 0.5) is 5.69 Å². The molecule has 0 radical (unpaired) electrons. The first-order chi connectivity index (χ1) is 16.6. The lowest BCUT2D eigenvalue weighted by atomic mass is 10.1. The van der Waals surface area contributed by atoms with Gasteiger partial charge in [0.2, 0.25) is 0 Å². The van der Waals surface area contributed by atoms with E-state index >= 15 is 0 Å². The molecule has 3 aromatic carbocycles. The summed E-state index contributed by atoms with van der Waals surface area (Å²) < 4.78 is 0. The van der Waals surface area contributed by atoms with Crippen molar-refractivity contribution < 1.29 is 4.79 Å². The predicted octanol–water partition coefficient (Wildman–Crippen LogP) is 5.62. The van der Waals surface area contributed by atoms with Gasteiger partial charge in [0, 0.05) is 70.8 Å². The Labute approximate surface area is 205 Å². The number of fused-ring (bicyclic) bond motifs is 3. The van der Waals surface area contributed by atoms with Crippen molar-refractivity contribution in [2.75, 3.05) is 44.2 Å². The van der Waals surface area contributed by atoms with Gasteiger partial charge < -0.3 is 15.2 Å². The molecule has 0 aliphatic carbocycles. The smallest absolute Gasteiger partial charge is 0.251 e. The number of carbonyl (C=O) groups is 1. The van der Waals surface area contributed by atoms with Crippen molar-refractivity contribution in [2.45, 2.75) is 19.8 Å². The molecule has 2 heterocycles. The lowest BCUT2D eigenvalue weighted by Gasteiger charge is -2.37. The van der Waals surface area contributed by atoms with Crippen molar-refractivity contribution in [3.05, 3.63) is 76.8 Å². The number of para-hydroxylation sites is 1. The number of carbonyl (C=O) groups excluding carboxylic acids is 1. The number of piperazine rings is 1. The molecule has 34 heavy (non-hydrogen) atoms. The molecule has 0 unspecified atom stereocenters. The Morgan fingerprint density at radius 1 is 0.941 bits per heavy atom. The molecule has 5 rings (SSSR count). The van der Waals surface area contributed by atoms with E-state index in [1.165, 1.54) is 11.1 Å². The maximum absolute atomic E-state index is 12.6. The number of unbranched alkanes of at least 4 members (excludes halogenated alkanes) is 1. The van der Waals surface area contributed by atoms with Crippen molar-refractivity contribution in [2.24, 2.45) is 0 Å². The highest BCUT2D eigenvalue weighted by Gasteiger charge is 2.18. The number of nitrogens with one attached hydrogen (secondary N) is 2. The minimum atomic E-state index is -0.00828. The van der Waals surface area contributed by atoms with Gasteiger partial charge in [0.15, 0.2) is 0 Å². The number of benzene rings is 3. The Balaban J connectivity index is 1.05. The maximum Gasteiger partial charge on any atom is 0.251 e. The molecule has 1 aliphatic heterocycles. The molecule has 6 heteroatoms. The second kappa shape index (κ2) is 10.1. The number of halogens is 1. The van der Waals surface area contributed by atoms with Gasteiger partial charge in [0.1, 0.15) is 0 Å². The Morgan fingerprint density at radius 2 is 1.74 bits per heavy atom. The summed E-state index contributed by atoms with van der Waals surface area (Å²) in [6, 6.07) is 20.3. The second-order valence-corrected chi connectivity index (χ2v) is 9.51. The Morgan fingerprint density at radius 3 is 2.59 bits per heavy atom. The minimum Gasteiger partial charge on any atom is -0.369 e. The van der Waals surface area contributed by atoms with Crippen LogP contribution in [0.3, 0.4) is 0 Å². The molecule has 0 saturated carbocycles. The van der Waals surface area contributed by atoms with E-state index in [1.807, 2.05) is 42.5 Å². The number of nitrogens with zero attached hydrogens (tertiary/aromatic N) is 2. The summed E-state index contributed by atoms with van der Waals surface area (Å²) >= 11 is 6.30. The summed E-state index contributed by atoms with van der Waals surface area (Å²) in [6.45, 7) is 8.02. The van der Waals surface area contributed by atoms with E-state index < -0.39 is 0 Å². The third kappa shape index (κ3) is 4.77. The number of hydrogen-bond donors (Lipinski definition) is 2. The van der Waals surface area contributed by atoms with Crippen LogP contribution in [0.2, 0.25) is 5.02 Å². The molecule has 0 spiro atoms. The SMILES string of the molecule is Cc1c(Cl)cccc1N1CCN(CCCCNC(=O)c2ccc3c(c2)[nH]c2ccccc23)CC1. The summed E-state index contributed by atoms with van der Waals surface area (Å²) in [6.07, 6.45) is 2.06. The number of amides is 1. The predicted molar refractivity (Wildman–Crippen MR) is 142 cm³/mol. The van der Waals surface area contributed by atoms with Crippen LogP contribution in [0.25, 0.3) is 21.8 Å². The average Bonchev–Trinajstić information content (AvgIpc) is 3.24. The van der Waals surface area contributed by atoms with Crippen LogP contribution < -0.4 is 10.2 Å². The topological polar surface area (TPSA) is 51.4 Å². The number of aromatic nitrogens is 1. The van der Waals surface area contributed by atoms with Crippen LogP contribution in [0.15, 0.2) is 60.7 Å². The fourth-order valence-electron chi connectivity index (χ4n) is 4.91. The van der Waals surface area contributed by atoms with Crippen LogP contribution in [0.1, 0.15) is 28.8 Å². The van der Waals surface area contributed by atoms with Gasteiger partial charge >= 0.3 is 0 Å². The summed E-state index contributed by atoms with van der Waals surface area (Å²) in [5.41, 5.74) is 5.21. The second-order valence-electron chi connectivity index (χ2n) is 9.11. The molecule has 1 amide bonds. The fraction of sp³-hybridized carbons (Fsp3) is 0.321. The Kier molecular flexibility index (Phi) is 6.75. The van der Waals surface area contributed by atoms with Gasteiger partial charge in [-0.3, -0.25) is 9.69 Å². The standard InChI is InChI=1S/C28H31ClN4O/c1-20-24(29)8-6-10-27(20)33-17-15-32(16-18-33)14-5-4-13-30-28(34)21-11-12-23-22-7-2-3-9-25(22)31-26(23)19-21/h2-3,6-12,19,31H,4-5,13-18H2,1H3,(H,30,34). The zero-order chi connectivity index (χ0) is 23.5. The third-order valence-electron chi connectivity index (χ3n) is 6.91. The molecule has 1 aliphatic rings. The summed E-state index contributed by atoms with van der Waals surface area (Å²) in [4.78, 5) is 21.0. The van der Waals surface area contributed by atoms with Gasteiger partial charge in [-0.25, -0.2) is 0 Å². The van der Waals surface area contributed by atoms with E-state index in [9.17, 15) is 4.79 Å². The van der Waals surface area contributed by atoms with Gasteiger partial charge in [0.05, 0.1) is 0 Å². The van der Waals surface area contributed by atoms with Gasteiger partial charge in [-0.05, 0) is 62.2 Å². The number of anilines is 1. The van der Waals surface area contributed by atoms with E-state index in [2.05, 4.69) is 45.2 Å². The first kappa shape index (κ1) is 22.8. The van der Waals surface area contributed by atoms with Crippen molar-refractivity contribution in [1.82, 2.24) is 15.2 Å². The summed E-state index contributed by atoms with van der Waals surface area (Å²) in [5.74, 6) is -0.00828. The molecule has 0 bridgehead atoms. The quantitative estimate of drug-likeness (QED) is 0.342. The summed E-state index contributed by atoms with van der Waals surface area (Å²) in [5, 5.41) is 6.26. The van der Waals surface area contributed by atoms with E-state index in [4.69, 9.17) is 11.6 Å². The first-order valence-electron chi connectivity index (χ1n) is 12.1. The number of hydrogen-bond acceptors (Lipinski definition) is 3. The van der Waals surface area contributed by atoms with Gasteiger partial charge in [0.25, 0.3) is 5.91 Å². The Hall–Kier alpha value is -3.02. The molecule has 1 fully saturated rings. The van der Waals surface area contributed by atoms with Gasteiger partial charge in [-0.2, -0.15) is 0 Å². The molecule has 1 aromatic heterocycles. The summed E-state index contributed by atoms with van der Waals surface area (Å²) in [7, 11) is 0. The molecular formula is C28H31ClN4O. The third-order valence-corrected chi connectivity index (χ3v) is 7.32. The van der Waals surface area contributed by atoms with Crippen molar-refractivity contribution in [3.8, 4) is 0 Å². The van der Waals surface area contributed by atoms with Crippen molar-refractivity contribution >= 4 is 45.0 Å². The zero-order valence-electron chi connectivity index (χ0n) is 19.6. The zero-order valence-corrected chi connectivity index (χ0v) is 20.4. The molecular weight excluding hydrogens is 444 g/mol. The number of aromatic amines is 1. The monoisotopic (exact) mass is 474 g/mol. The lowest BCUT2D eigenvalue weighted by molar-refractivity contribution is 0.0952. The molecule has 176 valence electrons. The van der Waals surface area contributed by atoms with E-state index in [1.54, 1.807) is 0 Å². The largest absolute Gasteiger partial charge is 0.369 e. The fourth-order valence-corrected chi connectivity index (χ4v) is 5.08. The van der Waals surface area contributed by atoms with Crippen LogP contribution in [0.5, 0.6) is 0 Å². The molecule has 4 aromatic rings. The average molecular weight is 475 g/mol. The molecule has 0 atom stereocenters. The molecule has 5 nitrogen and oxygen atoms in total. The maximum atomic E-state index is 12.6. The first-order valence-corrected chi connectivity index (χ1v) is 12.5. The van der Waals surface area contributed by atoms with E-state index in [-0.39, 0.29) is 5.91 Å². The van der Waals surface area contributed by atoms with Crippen LogP contribution >= 0.6 is 11.6 Å². The molecule has 2 N–H and O–H groups in total. The van der Waals surface area contributed by atoms with Gasteiger partial charge in [-0.15, -0.1) is 0 Å². The van der Waals surface area contributed by atoms with Crippen molar-refractivity contribution in [1.29, 1.82) is 0 Å². The minimum absolute atomic E-state index is 0.00828. The van der Waals surface area contributed by atoms with Crippen LogP contribution in [-0.4, -0.2) is 55.1 Å². The van der Waals surface area contributed by atoms with Gasteiger partial charge in [-0.1, -0.05) is 41.9 Å². The number of H-pyrrole nitrogens is 1. The molecule has 1 saturated heterocycles. The van der Waals surface area contributed by atoms with E-state index in [0.29, 0.717) is 12.1 Å². The highest BCUT2D eigenvalue weighted by atomic mass is 35.5. The lowest BCUT2D eigenvalue weighted by Crippen LogP contribution is -2.46. The Bertz CT molecular complexity index is 1310. The van der Waals surface area contributed by atoms with Crippen molar-refractivity contribution in [3.63, 3.8) is 0 Å². The van der Waals surface area contributed by atoms with E-state index in [0.717, 1.165) is 72.6 Å². The highest BCUT2D eigenvalue weighted by Crippen LogP contribution is 2.28. The normalized spacial score (nSPS) is 14.7. The highest BCUT2D eigenvalue weighted by molar-refractivity contribution is 6.31.